The largest absolute Gasteiger partial charge is 0.459 e. The van der Waals surface area contributed by atoms with E-state index in [1.807, 2.05) is 44.2 Å². The Balaban J connectivity index is 1.70. The van der Waals surface area contributed by atoms with Crippen LogP contribution >= 0.6 is 11.8 Å². The van der Waals surface area contributed by atoms with E-state index < -0.39 is 6.04 Å². The number of hydrogen-bond donors (Lipinski definition) is 0. The van der Waals surface area contributed by atoms with E-state index in [0.717, 1.165) is 5.56 Å². The Morgan fingerprint density at radius 2 is 2.09 bits per heavy atom. The lowest BCUT2D eigenvalue weighted by Crippen LogP contribution is -2.62. The van der Waals surface area contributed by atoms with Gasteiger partial charge in [0.15, 0.2) is 0 Å². The van der Waals surface area contributed by atoms with Gasteiger partial charge in [-0.15, -0.1) is 18.3 Å². The summed E-state index contributed by atoms with van der Waals surface area (Å²) in [5.74, 6) is -0.336. The van der Waals surface area contributed by atoms with E-state index in [1.54, 1.807) is 22.7 Å². The van der Waals surface area contributed by atoms with Crippen LogP contribution in [-0.2, 0) is 20.9 Å². The number of benzene rings is 1. The molecule has 0 spiro atoms. The molecule has 0 unspecified atom stereocenters. The molecule has 0 aliphatic carbocycles. The first-order valence-electron chi connectivity index (χ1n) is 7.77. The van der Waals surface area contributed by atoms with Gasteiger partial charge in [0, 0.05) is 4.75 Å². The number of ether oxygens (including phenoxy) is 1. The Kier molecular flexibility index (Phi) is 4.23. The Morgan fingerprint density at radius 3 is 2.74 bits per heavy atom. The Labute approximate surface area is 140 Å². The van der Waals surface area contributed by atoms with E-state index in [-0.39, 0.29) is 34.5 Å². The molecule has 3 rings (SSSR count). The van der Waals surface area contributed by atoms with Crippen LogP contribution in [0.4, 0.5) is 0 Å². The number of nitrogens with zero attached hydrogens (tertiary/aromatic N) is 1. The molecule has 0 saturated carbocycles. The summed E-state index contributed by atoms with van der Waals surface area (Å²) in [5.41, 5.74) is 0.945. The number of hydrogen-bond acceptors (Lipinski definition) is 4. The van der Waals surface area contributed by atoms with Gasteiger partial charge in [-0.2, -0.15) is 0 Å². The molecule has 2 heterocycles. The molecule has 0 N–H and O–H groups in total. The van der Waals surface area contributed by atoms with Gasteiger partial charge in [-0.1, -0.05) is 36.4 Å². The van der Waals surface area contributed by atoms with E-state index in [0.29, 0.717) is 6.42 Å². The standard InChI is InChI=1S/C18H21NO3S/c1-4-8-13-15(20)19-14(18(2,3)23-16(13)19)17(21)22-11-12-9-6-5-7-10-12/h4-7,9-10,13-14,16H,1,8,11H2,2-3H3/t13-,14+,16-/m1/s1. The Morgan fingerprint density at radius 1 is 1.39 bits per heavy atom. The maximum atomic E-state index is 12.6. The van der Waals surface area contributed by atoms with Crippen LogP contribution in [0.1, 0.15) is 25.8 Å². The molecule has 5 heteroatoms. The lowest BCUT2D eigenvalue weighted by atomic mass is 9.89. The molecule has 0 bridgehead atoms. The van der Waals surface area contributed by atoms with Crippen molar-refractivity contribution in [3.05, 3.63) is 48.6 Å². The van der Waals surface area contributed by atoms with E-state index in [2.05, 4.69) is 6.58 Å². The monoisotopic (exact) mass is 331 g/mol. The number of fused-ring (bicyclic) bond motifs is 1. The first-order valence-corrected chi connectivity index (χ1v) is 8.65. The van der Waals surface area contributed by atoms with Crippen LogP contribution in [-0.4, -0.2) is 32.9 Å². The van der Waals surface area contributed by atoms with Crippen molar-refractivity contribution in [2.45, 2.75) is 43.0 Å². The third-order valence-corrected chi connectivity index (χ3v) is 6.05. The van der Waals surface area contributed by atoms with Crippen LogP contribution in [0.2, 0.25) is 0 Å². The summed E-state index contributed by atoms with van der Waals surface area (Å²) in [4.78, 5) is 26.7. The lowest BCUT2D eigenvalue weighted by Gasteiger charge is -2.43. The van der Waals surface area contributed by atoms with Gasteiger partial charge >= 0.3 is 5.97 Å². The topological polar surface area (TPSA) is 46.6 Å². The van der Waals surface area contributed by atoms with Crippen LogP contribution in [0.5, 0.6) is 0 Å². The average Bonchev–Trinajstić information content (AvgIpc) is 2.79. The molecule has 122 valence electrons. The predicted molar refractivity (Wildman–Crippen MR) is 90.6 cm³/mol. The van der Waals surface area contributed by atoms with Crippen LogP contribution in [0.15, 0.2) is 43.0 Å². The molecule has 0 radical (unpaired) electrons. The van der Waals surface area contributed by atoms with Gasteiger partial charge in [-0.3, -0.25) is 4.79 Å². The summed E-state index contributed by atoms with van der Waals surface area (Å²) >= 11 is 1.68. The second-order valence-corrected chi connectivity index (χ2v) is 8.25. The van der Waals surface area contributed by atoms with Crippen LogP contribution in [0.25, 0.3) is 0 Å². The SMILES string of the molecule is C=CC[C@@H]1C(=O)N2[C@@H]1SC(C)(C)[C@@H]2C(=O)OCc1ccccc1. The zero-order valence-corrected chi connectivity index (χ0v) is 14.2. The fourth-order valence-corrected chi connectivity index (χ4v) is 4.97. The normalized spacial score (nSPS) is 28.0. The summed E-state index contributed by atoms with van der Waals surface area (Å²) in [5, 5.41) is 0.0600. The highest BCUT2D eigenvalue weighted by Gasteiger charge is 2.63. The van der Waals surface area contributed by atoms with Gasteiger partial charge in [0.05, 0.1) is 11.3 Å². The number of thioether (sulfide) groups is 1. The second-order valence-electron chi connectivity index (χ2n) is 6.48. The smallest absolute Gasteiger partial charge is 0.330 e. The maximum absolute atomic E-state index is 12.6. The van der Waals surface area contributed by atoms with Crippen molar-refractivity contribution >= 4 is 23.6 Å². The summed E-state index contributed by atoms with van der Waals surface area (Å²) in [6, 6.07) is 9.06. The van der Waals surface area contributed by atoms with Crippen LogP contribution in [0.3, 0.4) is 0 Å². The van der Waals surface area contributed by atoms with Crippen molar-refractivity contribution in [2.24, 2.45) is 5.92 Å². The number of allylic oxidation sites excluding steroid dienone is 1. The van der Waals surface area contributed by atoms with Gasteiger partial charge in [0.25, 0.3) is 0 Å². The van der Waals surface area contributed by atoms with Crippen molar-refractivity contribution in [2.75, 3.05) is 0 Å². The maximum Gasteiger partial charge on any atom is 0.330 e. The third kappa shape index (κ3) is 2.78. The molecule has 2 aliphatic heterocycles. The minimum Gasteiger partial charge on any atom is -0.459 e. The number of carbonyl (C=O) groups excluding carboxylic acids is 2. The molecule has 0 aromatic heterocycles. The van der Waals surface area contributed by atoms with Gasteiger partial charge < -0.3 is 9.64 Å². The number of carbonyl (C=O) groups is 2. The minimum absolute atomic E-state index is 0.0367. The number of esters is 1. The van der Waals surface area contributed by atoms with Gasteiger partial charge in [0.2, 0.25) is 5.91 Å². The summed E-state index contributed by atoms with van der Waals surface area (Å²) in [6.07, 6.45) is 2.43. The minimum atomic E-state index is -0.519. The third-order valence-electron chi connectivity index (χ3n) is 4.42. The fourth-order valence-electron chi connectivity index (χ4n) is 3.28. The van der Waals surface area contributed by atoms with Crippen molar-refractivity contribution in [3.8, 4) is 0 Å². The molecule has 2 fully saturated rings. The molecule has 3 atom stereocenters. The molecule has 1 aromatic carbocycles. The average molecular weight is 331 g/mol. The summed E-state index contributed by atoms with van der Waals surface area (Å²) in [6.45, 7) is 7.95. The molecule has 4 nitrogen and oxygen atoms in total. The Bertz CT molecular complexity index is 628. The first kappa shape index (κ1) is 16.1. The van der Waals surface area contributed by atoms with Crippen molar-refractivity contribution in [3.63, 3.8) is 0 Å². The first-order chi connectivity index (χ1) is 11.0. The van der Waals surface area contributed by atoms with E-state index >= 15 is 0 Å². The fraction of sp³-hybridized carbons (Fsp3) is 0.444. The number of amides is 1. The molecule has 2 saturated heterocycles. The molecular weight excluding hydrogens is 310 g/mol. The number of β-lactam (4-membered cyclic amide) rings is 1. The van der Waals surface area contributed by atoms with Crippen LogP contribution in [0, 0.1) is 5.92 Å². The zero-order chi connectivity index (χ0) is 16.6. The number of rotatable bonds is 5. The van der Waals surface area contributed by atoms with Gasteiger partial charge in [-0.05, 0) is 25.8 Å². The summed E-state index contributed by atoms with van der Waals surface area (Å²) in [7, 11) is 0. The molecule has 2 aliphatic rings. The molecule has 1 aromatic rings. The summed E-state index contributed by atoms with van der Waals surface area (Å²) < 4.78 is 5.13. The molecule has 1 amide bonds. The molecular formula is C18H21NO3S. The van der Waals surface area contributed by atoms with Crippen molar-refractivity contribution in [1.82, 2.24) is 4.90 Å². The highest BCUT2D eigenvalue weighted by atomic mass is 32.2. The van der Waals surface area contributed by atoms with E-state index in [4.69, 9.17) is 4.74 Å². The van der Waals surface area contributed by atoms with Gasteiger partial charge in [-0.25, -0.2) is 4.79 Å². The van der Waals surface area contributed by atoms with Crippen LogP contribution < -0.4 is 0 Å². The lowest BCUT2D eigenvalue weighted by molar-refractivity contribution is -0.167. The van der Waals surface area contributed by atoms with Crippen molar-refractivity contribution < 1.29 is 14.3 Å². The van der Waals surface area contributed by atoms with Crippen molar-refractivity contribution in [1.29, 1.82) is 0 Å². The molecule has 23 heavy (non-hydrogen) atoms. The van der Waals surface area contributed by atoms with Gasteiger partial charge in [0.1, 0.15) is 12.6 Å². The Hall–Kier alpha value is -1.75. The second kappa shape index (κ2) is 6.04. The zero-order valence-electron chi connectivity index (χ0n) is 13.4. The quantitative estimate of drug-likeness (QED) is 0.473. The predicted octanol–water partition coefficient (Wildman–Crippen LogP) is 2.98. The van der Waals surface area contributed by atoms with E-state index in [1.165, 1.54) is 0 Å². The highest BCUT2D eigenvalue weighted by Crippen LogP contribution is 2.54. The van der Waals surface area contributed by atoms with E-state index in [9.17, 15) is 9.59 Å². The highest BCUT2D eigenvalue weighted by molar-refractivity contribution is 8.01.